The minimum atomic E-state index is 0.698. The monoisotopic (exact) mass is 244 g/mol. The minimum absolute atomic E-state index is 0.698. The van der Waals surface area contributed by atoms with Crippen LogP contribution in [0.1, 0.15) is 32.6 Å². The van der Waals surface area contributed by atoms with E-state index in [2.05, 4.69) is 11.9 Å². The Hall–Kier alpha value is -1.77. The number of pyridine rings is 1. The number of rotatable bonds is 6. The Balaban J connectivity index is 1.95. The Kier molecular flexibility index (Phi) is 4.40. The van der Waals surface area contributed by atoms with Crippen LogP contribution in [0.3, 0.4) is 0 Å². The highest BCUT2D eigenvalue weighted by molar-refractivity contribution is 5.82. The summed E-state index contributed by atoms with van der Waals surface area (Å²) < 4.78 is 5.65. The fraction of sp³-hybridized carbons (Fsp3) is 0.400. The molecule has 0 aliphatic heterocycles. The minimum Gasteiger partial charge on any atom is -0.478 e. The second-order valence-electron chi connectivity index (χ2n) is 4.51. The highest BCUT2D eigenvalue weighted by Crippen LogP contribution is 2.19. The van der Waals surface area contributed by atoms with Gasteiger partial charge in [-0.3, -0.25) is 0 Å². The SMILES string of the molecule is CCCCCCOc1ccc2cc(N)ccc2n1. The Morgan fingerprint density at radius 1 is 1.11 bits per heavy atom. The summed E-state index contributed by atoms with van der Waals surface area (Å²) in [6, 6.07) is 9.62. The predicted molar refractivity (Wildman–Crippen MR) is 75.8 cm³/mol. The van der Waals surface area contributed by atoms with Gasteiger partial charge in [0.25, 0.3) is 0 Å². The van der Waals surface area contributed by atoms with Crippen molar-refractivity contribution < 1.29 is 4.74 Å². The van der Waals surface area contributed by atoms with Gasteiger partial charge in [0.1, 0.15) is 0 Å². The van der Waals surface area contributed by atoms with Crippen molar-refractivity contribution >= 4 is 16.6 Å². The van der Waals surface area contributed by atoms with Crippen LogP contribution in [-0.4, -0.2) is 11.6 Å². The van der Waals surface area contributed by atoms with E-state index in [0.29, 0.717) is 5.88 Å². The summed E-state index contributed by atoms with van der Waals surface area (Å²) in [6.45, 7) is 2.95. The molecule has 0 aliphatic rings. The number of nitrogen functional groups attached to an aromatic ring is 1. The highest BCUT2D eigenvalue weighted by Gasteiger charge is 1.99. The van der Waals surface area contributed by atoms with Gasteiger partial charge >= 0.3 is 0 Å². The number of aromatic nitrogens is 1. The van der Waals surface area contributed by atoms with Gasteiger partial charge in [0.05, 0.1) is 12.1 Å². The second-order valence-corrected chi connectivity index (χ2v) is 4.51. The van der Waals surface area contributed by atoms with Gasteiger partial charge in [-0.05, 0) is 30.7 Å². The van der Waals surface area contributed by atoms with Gasteiger partial charge in [-0.25, -0.2) is 4.98 Å². The van der Waals surface area contributed by atoms with Crippen molar-refractivity contribution in [2.45, 2.75) is 32.6 Å². The van der Waals surface area contributed by atoms with Crippen LogP contribution in [0.4, 0.5) is 5.69 Å². The van der Waals surface area contributed by atoms with Crippen LogP contribution in [0.2, 0.25) is 0 Å². The van der Waals surface area contributed by atoms with E-state index >= 15 is 0 Å². The molecule has 18 heavy (non-hydrogen) atoms. The molecule has 0 saturated carbocycles. The average molecular weight is 244 g/mol. The van der Waals surface area contributed by atoms with E-state index in [4.69, 9.17) is 10.5 Å². The van der Waals surface area contributed by atoms with Crippen molar-refractivity contribution in [3.05, 3.63) is 30.3 Å². The molecule has 2 rings (SSSR count). The van der Waals surface area contributed by atoms with Crippen LogP contribution >= 0.6 is 0 Å². The van der Waals surface area contributed by atoms with E-state index in [0.717, 1.165) is 29.6 Å². The summed E-state index contributed by atoms with van der Waals surface area (Å²) in [6.07, 6.45) is 4.83. The first kappa shape index (κ1) is 12.7. The lowest BCUT2D eigenvalue weighted by atomic mass is 10.2. The molecule has 0 atom stereocenters. The normalized spacial score (nSPS) is 10.7. The van der Waals surface area contributed by atoms with Gasteiger partial charge in [-0.1, -0.05) is 26.2 Å². The number of hydrogen-bond acceptors (Lipinski definition) is 3. The van der Waals surface area contributed by atoms with E-state index in [1.807, 2.05) is 30.3 Å². The second kappa shape index (κ2) is 6.24. The van der Waals surface area contributed by atoms with Gasteiger partial charge in [0, 0.05) is 17.1 Å². The smallest absolute Gasteiger partial charge is 0.213 e. The third-order valence-electron chi connectivity index (χ3n) is 2.94. The average Bonchev–Trinajstić information content (AvgIpc) is 2.38. The quantitative estimate of drug-likeness (QED) is 0.621. The van der Waals surface area contributed by atoms with Crippen LogP contribution < -0.4 is 10.5 Å². The molecule has 1 heterocycles. The number of ether oxygens (including phenoxy) is 1. The molecule has 3 heteroatoms. The van der Waals surface area contributed by atoms with Gasteiger partial charge in [0.2, 0.25) is 5.88 Å². The van der Waals surface area contributed by atoms with E-state index in [-0.39, 0.29) is 0 Å². The zero-order valence-electron chi connectivity index (χ0n) is 10.9. The Labute approximate surface area is 108 Å². The van der Waals surface area contributed by atoms with E-state index < -0.39 is 0 Å². The predicted octanol–water partition coefficient (Wildman–Crippen LogP) is 3.78. The third kappa shape index (κ3) is 3.36. The number of benzene rings is 1. The first-order chi connectivity index (χ1) is 8.79. The number of unbranched alkanes of at least 4 members (excludes halogenated alkanes) is 3. The lowest BCUT2D eigenvalue weighted by Crippen LogP contribution is -1.99. The Morgan fingerprint density at radius 2 is 2.00 bits per heavy atom. The molecule has 1 aromatic carbocycles. The van der Waals surface area contributed by atoms with Crippen molar-refractivity contribution in [2.24, 2.45) is 0 Å². The standard InChI is InChI=1S/C15H20N2O/c1-2-3-4-5-10-18-15-9-6-12-11-13(16)7-8-14(12)17-15/h6-9,11H,2-5,10,16H2,1H3. The third-order valence-corrected chi connectivity index (χ3v) is 2.94. The molecule has 0 unspecified atom stereocenters. The molecule has 1 aromatic heterocycles. The largest absolute Gasteiger partial charge is 0.478 e. The molecule has 0 saturated heterocycles. The summed E-state index contributed by atoms with van der Waals surface area (Å²) >= 11 is 0. The zero-order chi connectivity index (χ0) is 12.8. The molecule has 0 aliphatic carbocycles. The van der Waals surface area contributed by atoms with Crippen LogP contribution in [-0.2, 0) is 0 Å². The van der Waals surface area contributed by atoms with Crippen molar-refractivity contribution in [2.75, 3.05) is 12.3 Å². The van der Waals surface area contributed by atoms with Crippen molar-refractivity contribution in [1.29, 1.82) is 0 Å². The number of nitrogens with zero attached hydrogens (tertiary/aromatic N) is 1. The zero-order valence-corrected chi connectivity index (χ0v) is 10.9. The van der Waals surface area contributed by atoms with E-state index in [1.54, 1.807) is 0 Å². The maximum atomic E-state index is 5.73. The molecule has 0 fully saturated rings. The summed E-state index contributed by atoms with van der Waals surface area (Å²) in [5, 5.41) is 1.05. The summed E-state index contributed by atoms with van der Waals surface area (Å²) in [5.74, 6) is 0.698. The first-order valence-electron chi connectivity index (χ1n) is 6.58. The highest BCUT2D eigenvalue weighted by atomic mass is 16.5. The number of hydrogen-bond donors (Lipinski definition) is 1. The van der Waals surface area contributed by atoms with Crippen molar-refractivity contribution in [1.82, 2.24) is 4.98 Å². The van der Waals surface area contributed by atoms with Crippen LogP contribution in [0.5, 0.6) is 5.88 Å². The summed E-state index contributed by atoms with van der Waals surface area (Å²) in [7, 11) is 0. The molecular formula is C15H20N2O. The molecule has 2 aromatic rings. The summed E-state index contributed by atoms with van der Waals surface area (Å²) in [5.41, 5.74) is 7.42. The van der Waals surface area contributed by atoms with Crippen LogP contribution in [0.15, 0.2) is 30.3 Å². The lowest BCUT2D eigenvalue weighted by Gasteiger charge is -2.06. The summed E-state index contributed by atoms with van der Waals surface area (Å²) in [4.78, 5) is 4.46. The van der Waals surface area contributed by atoms with Gasteiger partial charge < -0.3 is 10.5 Å². The molecule has 2 N–H and O–H groups in total. The lowest BCUT2D eigenvalue weighted by molar-refractivity contribution is 0.295. The molecule has 0 bridgehead atoms. The molecule has 0 radical (unpaired) electrons. The topological polar surface area (TPSA) is 48.1 Å². The van der Waals surface area contributed by atoms with Crippen molar-refractivity contribution in [3.8, 4) is 5.88 Å². The maximum absolute atomic E-state index is 5.73. The molecular weight excluding hydrogens is 224 g/mol. The van der Waals surface area contributed by atoms with Crippen molar-refractivity contribution in [3.63, 3.8) is 0 Å². The Morgan fingerprint density at radius 3 is 2.83 bits per heavy atom. The number of fused-ring (bicyclic) bond motifs is 1. The first-order valence-corrected chi connectivity index (χ1v) is 6.58. The van der Waals surface area contributed by atoms with Gasteiger partial charge in [0.15, 0.2) is 0 Å². The fourth-order valence-corrected chi connectivity index (χ4v) is 1.91. The van der Waals surface area contributed by atoms with Gasteiger partial charge in [-0.15, -0.1) is 0 Å². The number of anilines is 1. The molecule has 3 nitrogen and oxygen atoms in total. The van der Waals surface area contributed by atoms with Gasteiger partial charge in [-0.2, -0.15) is 0 Å². The van der Waals surface area contributed by atoms with E-state index in [1.165, 1.54) is 19.3 Å². The van der Waals surface area contributed by atoms with Crippen LogP contribution in [0, 0.1) is 0 Å². The fourth-order valence-electron chi connectivity index (χ4n) is 1.91. The number of nitrogens with two attached hydrogens (primary N) is 1. The molecule has 96 valence electrons. The van der Waals surface area contributed by atoms with E-state index in [9.17, 15) is 0 Å². The Bertz CT molecular complexity index is 511. The van der Waals surface area contributed by atoms with Crippen LogP contribution in [0.25, 0.3) is 10.9 Å². The molecule has 0 spiro atoms. The molecule has 0 amide bonds. The maximum Gasteiger partial charge on any atom is 0.213 e.